The van der Waals surface area contributed by atoms with Gasteiger partial charge in [0.05, 0.1) is 44.5 Å². The number of H-pyrrole nitrogens is 1. The van der Waals surface area contributed by atoms with Gasteiger partial charge in [0.1, 0.15) is 29.4 Å². The fourth-order valence-corrected chi connectivity index (χ4v) is 10.2. The van der Waals surface area contributed by atoms with Crippen molar-refractivity contribution in [1.29, 1.82) is 5.26 Å². The molecule has 1 aromatic heterocycles. The van der Waals surface area contributed by atoms with E-state index in [1.54, 1.807) is 26.2 Å². The minimum atomic E-state index is -1.71. The highest BCUT2D eigenvalue weighted by Crippen LogP contribution is 2.51. The Morgan fingerprint density at radius 2 is 1.55 bits per heavy atom. The maximum Gasteiger partial charge on any atom is 0.338 e. The summed E-state index contributed by atoms with van der Waals surface area (Å²) in [6.07, 6.45) is -0.547. The molecule has 1 N–H and O–H groups in total. The van der Waals surface area contributed by atoms with Crippen LogP contribution in [0.5, 0.6) is 5.75 Å². The first-order valence-electron chi connectivity index (χ1n) is 20.5. The highest BCUT2D eigenvalue weighted by molar-refractivity contribution is 7.96. The summed E-state index contributed by atoms with van der Waals surface area (Å²) < 4.78 is 40.0. The molecule has 4 aromatic carbocycles. The first kappa shape index (κ1) is 46.4. The van der Waals surface area contributed by atoms with E-state index >= 15 is 0 Å². The van der Waals surface area contributed by atoms with Crippen molar-refractivity contribution < 1.29 is 32.2 Å². The Kier molecular flexibility index (Phi) is 16.3. The van der Waals surface area contributed by atoms with Crippen LogP contribution in [-0.4, -0.2) is 64.8 Å². The summed E-state index contributed by atoms with van der Waals surface area (Å²) in [5.74, 6) is 0.139. The Morgan fingerprint density at radius 3 is 2.16 bits per heavy atom. The first-order chi connectivity index (χ1) is 30.0. The number of esters is 1. The lowest BCUT2D eigenvalue weighted by Crippen LogP contribution is -2.37. The zero-order valence-corrected chi connectivity index (χ0v) is 37.5. The van der Waals surface area contributed by atoms with Crippen molar-refractivity contribution in [2.75, 3.05) is 20.3 Å². The third kappa shape index (κ3) is 10.9. The molecular formula is C47H53N4O9PS. The number of nitrogens with one attached hydrogen (secondary N) is 1. The number of hydrogen-bond acceptors (Lipinski definition) is 12. The number of aromatic amines is 1. The summed E-state index contributed by atoms with van der Waals surface area (Å²) in [4.78, 5) is 41.6. The largest absolute Gasteiger partial charge is 0.497 e. The molecule has 1 saturated heterocycles. The zero-order valence-electron chi connectivity index (χ0n) is 35.8. The van der Waals surface area contributed by atoms with Crippen LogP contribution in [-0.2, 0) is 34.1 Å². The second-order valence-electron chi connectivity index (χ2n) is 15.3. The van der Waals surface area contributed by atoms with Crippen LogP contribution in [0.1, 0.15) is 84.9 Å². The van der Waals surface area contributed by atoms with Gasteiger partial charge in [-0.15, -0.1) is 0 Å². The maximum atomic E-state index is 14.0. The van der Waals surface area contributed by atoms with Crippen molar-refractivity contribution in [3.63, 3.8) is 0 Å². The van der Waals surface area contributed by atoms with Crippen LogP contribution in [0.3, 0.4) is 0 Å². The molecule has 1 aliphatic rings. The molecule has 326 valence electrons. The third-order valence-electron chi connectivity index (χ3n) is 10.4. The molecule has 2 heterocycles. The summed E-state index contributed by atoms with van der Waals surface area (Å²) in [5.41, 5.74) is 3.12. The number of benzene rings is 4. The van der Waals surface area contributed by atoms with Crippen LogP contribution in [0.25, 0.3) is 0 Å². The minimum absolute atomic E-state index is 0.0284. The Labute approximate surface area is 368 Å². The molecule has 6 rings (SSSR count). The highest BCUT2D eigenvalue weighted by atomic mass is 32.2. The van der Waals surface area contributed by atoms with Gasteiger partial charge in [0.15, 0.2) is 0 Å². The summed E-state index contributed by atoms with van der Waals surface area (Å²) >= 11 is 1.30. The van der Waals surface area contributed by atoms with Gasteiger partial charge in [-0.1, -0.05) is 91.0 Å². The van der Waals surface area contributed by atoms with E-state index in [1.807, 2.05) is 100 Å². The van der Waals surface area contributed by atoms with E-state index < -0.39 is 48.9 Å². The van der Waals surface area contributed by atoms with E-state index in [2.05, 4.69) is 40.0 Å². The number of aryl methyl sites for hydroxylation is 1. The topological polar surface area (TPSA) is 154 Å². The SMILES string of the molecule is COc1ccc(C(SOCc2ccccc2C(=O)OC[C@H]2O[C@@H](n3cc(C)c(=O)[nH]c3=O)C[C@@H]2OP(OCCC#N)N(C(C)C)C(C)C)(c2ccccc2)c2ccccc2)cc1. The molecule has 0 aliphatic carbocycles. The number of carbonyl (C=O) groups is 1. The molecule has 4 atom stereocenters. The van der Waals surface area contributed by atoms with Gasteiger partial charge in [0.2, 0.25) is 0 Å². The summed E-state index contributed by atoms with van der Waals surface area (Å²) in [5, 5.41) is 9.25. The number of methoxy groups -OCH3 is 1. The van der Waals surface area contributed by atoms with Crippen molar-refractivity contribution in [3.8, 4) is 11.8 Å². The molecule has 1 fully saturated rings. The average molecular weight is 881 g/mol. The van der Waals surface area contributed by atoms with Gasteiger partial charge in [-0.2, -0.15) is 5.26 Å². The van der Waals surface area contributed by atoms with E-state index in [1.165, 1.54) is 22.8 Å². The first-order valence-corrected chi connectivity index (χ1v) is 22.4. The number of carbonyl (C=O) groups excluding carboxylic acids is 1. The summed E-state index contributed by atoms with van der Waals surface area (Å²) in [7, 11) is -0.0757. The van der Waals surface area contributed by atoms with Gasteiger partial charge >= 0.3 is 11.7 Å². The standard InChI is InChI=1S/C47H53N4O9PS/c1-32(2)51(33(3)4)61(57-27-15-26-48)60-41-28-43(50-29-34(5)44(52)49-46(50)54)59-42(41)31-56-45(53)40-21-14-13-16-35(40)30-58-62-47(36-17-9-7-10-18-36,37-19-11-8-12-20-37)38-22-24-39(55-6)25-23-38/h7-14,16-25,29,32-33,41-43H,15,27-28,30-31H2,1-6H3,(H,49,52,54)/t41-,42+,43+,61?/m0/s1. The van der Waals surface area contributed by atoms with Crippen molar-refractivity contribution in [2.45, 2.75) is 89.3 Å². The van der Waals surface area contributed by atoms with Gasteiger partial charge in [-0.3, -0.25) is 14.3 Å². The lowest BCUT2D eigenvalue weighted by atomic mass is 9.84. The Bertz CT molecular complexity index is 2340. The number of hydrogen-bond donors (Lipinski definition) is 1. The number of nitrogens with zero attached hydrogens (tertiary/aromatic N) is 3. The molecule has 15 heteroatoms. The van der Waals surface area contributed by atoms with E-state index in [9.17, 15) is 19.6 Å². The number of ether oxygens (including phenoxy) is 3. The van der Waals surface area contributed by atoms with Gasteiger partial charge < -0.3 is 27.4 Å². The Morgan fingerprint density at radius 1 is 0.935 bits per heavy atom. The Hall–Kier alpha value is -5.10. The van der Waals surface area contributed by atoms with Gasteiger partial charge in [-0.25, -0.2) is 14.3 Å². The molecule has 13 nitrogen and oxygen atoms in total. The number of rotatable bonds is 20. The van der Waals surface area contributed by atoms with Gasteiger partial charge in [0.25, 0.3) is 14.1 Å². The second-order valence-corrected chi connectivity index (χ2v) is 17.7. The molecule has 0 bridgehead atoms. The van der Waals surface area contributed by atoms with E-state index in [-0.39, 0.29) is 44.7 Å². The minimum Gasteiger partial charge on any atom is -0.497 e. The van der Waals surface area contributed by atoms with Gasteiger partial charge in [0, 0.05) is 42.3 Å². The lowest BCUT2D eigenvalue weighted by Gasteiger charge is -2.37. The van der Waals surface area contributed by atoms with Crippen molar-refractivity contribution in [3.05, 3.63) is 170 Å². The van der Waals surface area contributed by atoms with E-state index in [4.69, 9.17) is 27.4 Å². The van der Waals surface area contributed by atoms with Crippen LogP contribution in [0.4, 0.5) is 0 Å². The van der Waals surface area contributed by atoms with Crippen LogP contribution >= 0.6 is 20.6 Å². The summed E-state index contributed by atoms with van der Waals surface area (Å²) in [6, 6.07) is 37.5. The summed E-state index contributed by atoms with van der Waals surface area (Å²) in [6.45, 7) is 9.74. The monoisotopic (exact) mass is 880 g/mol. The predicted octanol–water partition coefficient (Wildman–Crippen LogP) is 8.82. The zero-order chi connectivity index (χ0) is 44.2. The highest BCUT2D eigenvalue weighted by Gasteiger charge is 2.43. The lowest BCUT2D eigenvalue weighted by molar-refractivity contribution is -0.0513. The molecule has 5 aromatic rings. The molecule has 62 heavy (non-hydrogen) atoms. The molecule has 0 amide bonds. The fourth-order valence-electron chi connectivity index (χ4n) is 7.42. The van der Waals surface area contributed by atoms with E-state index in [0.717, 1.165) is 22.4 Å². The van der Waals surface area contributed by atoms with Crippen LogP contribution in [0, 0.1) is 18.3 Å². The third-order valence-corrected chi connectivity index (χ3v) is 13.7. The Balaban J connectivity index is 1.24. The van der Waals surface area contributed by atoms with E-state index in [0.29, 0.717) is 16.7 Å². The van der Waals surface area contributed by atoms with Crippen LogP contribution < -0.4 is 16.0 Å². The van der Waals surface area contributed by atoms with Gasteiger partial charge in [-0.05, 0) is 75.1 Å². The van der Waals surface area contributed by atoms with Crippen LogP contribution in [0.2, 0.25) is 0 Å². The van der Waals surface area contributed by atoms with Crippen LogP contribution in [0.15, 0.2) is 125 Å². The smallest absolute Gasteiger partial charge is 0.338 e. The molecule has 0 radical (unpaired) electrons. The maximum absolute atomic E-state index is 14.0. The number of nitriles is 1. The molecule has 0 saturated carbocycles. The van der Waals surface area contributed by atoms with Crippen molar-refractivity contribution in [2.24, 2.45) is 0 Å². The molecule has 1 unspecified atom stereocenters. The predicted molar refractivity (Wildman–Crippen MR) is 240 cm³/mol. The molecular weight excluding hydrogens is 828 g/mol. The molecule has 1 aliphatic heterocycles. The second kappa shape index (κ2) is 21.8. The normalized spacial score (nSPS) is 17.0. The van der Waals surface area contributed by atoms with Crippen molar-refractivity contribution in [1.82, 2.24) is 14.2 Å². The fraction of sp³-hybridized carbons (Fsp3) is 0.362. The number of aromatic nitrogens is 2. The molecule has 0 spiro atoms. The quantitative estimate of drug-likeness (QED) is 0.0261. The van der Waals surface area contributed by atoms with Crippen molar-refractivity contribution >= 4 is 26.5 Å². The average Bonchev–Trinajstić information content (AvgIpc) is 3.68.